The predicted molar refractivity (Wildman–Crippen MR) is 120 cm³/mol. The van der Waals surface area contributed by atoms with Gasteiger partial charge in [-0.15, -0.1) is 0 Å². The molecule has 0 radical (unpaired) electrons. The minimum atomic E-state index is -1.70. The molecule has 3 saturated carbocycles. The quantitative estimate of drug-likeness (QED) is 0.531. The van der Waals surface area contributed by atoms with Gasteiger partial charge >= 0.3 is 0 Å². The highest BCUT2D eigenvalue weighted by molar-refractivity contribution is 6.70. The Hall–Kier alpha value is -0.363. The Morgan fingerprint density at radius 2 is 1.63 bits per heavy atom. The molecule has 1 spiro atoms. The highest BCUT2D eigenvalue weighted by atomic mass is 28.4. The van der Waals surface area contributed by atoms with Gasteiger partial charge in [-0.25, -0.2) is 0 Å². The van der Waals surface area contributed by atoms with Crippen LogP contribution in [-0.2, 0) is 18.6 Å². The van der Waals surface area contributed by atoms with Gasteiger partial charge in [0.1, 0.15) is 0 Å². The zero-order valence-corrected chi connectivity index (χ0v) is 21.0. The van der Waals surface area contributed by atoms with Crippen molar-refractivity contribution in [3.63, 3.8) is 0 Å². The molecule has 0 aromatic rings. The van der Waals surface area contributed by atoms with Gasteiger partial charge in [0.15, 0.2) is 5.79 Å². The van der Waals surface area contributed by atoms with E-state index in [2.05, 4.69) is 39.6 Å². The third kappa shape index (κ3) is 3.17. The summed E-state index contributed by atoms with van der Waals surface area (Å²) in [5.74, 6) is 3.40. The molecule has 0 unspecified atom stereocenters. The van der Waals surface area contributed by atoms with Crippen LogP contribution in [0.15, 0.2) is 11.8 Å². The first kappa shape index (κ1) is 21.5. The summed E-state index contributed by atoms with van der Waals surface area (Å²) in [6, 6.07) is 0. The Bertz CT molecular complexity index is 708. The molecule has 1 heterocycles. The van der Waals surface area contributed by atoms with Crippen molar-refractivity contribution in [1.29, 1.82) is 0 Å². The van der Waals surface area contributed by atoms with Gasteiger partial charge in [0.25, 0.3) is 0 Å². The number of methoxy groups -OCH3 is 1. The van der Waals surface area contributed by atoms with E-state index in [-0.39, 0.29) is 11.2 Å². The summed E-state index contributed by atoms with van der Waals surface area (Å²) in [5, 5.41) is 0. The lowest BCUT2D eigenvalue weighted by Gasteiger charge is -2.61. The zero-order chi connectivity index (χ0) is 21.4. The average molecular weight is 435 g/mol. The van der Waals surface area contributed by atoms with Crippen LogP contribution in [0, 0.1) is 34.5 Å². The number of ether oxygens (including phenoxy) is 3. The minimum Gasteiger partial charge on any atom is -0.547 e. The summed E-state index contributed by atoms with van der Waals surface area (Å²) >= 11 is 0. The second kappa shape index (κ2) is 7.07. The highest BCUT2D eigenvalue weighted by Crippen LogP contribution is 2.67. The lowest BCUT2D eigenvalue weighted by atomic mass is 9.46. The molecule has 4 aliphatic carbocycles. The highest BCUT2D eigenvalue weighted by Gasteiger charge is 2.63. The molecule has 170 valence electrons. The first-order valence-electron chi connectivity index (χ1n) is 12.3. The molecule has 1 saturated heterocycles. The SMILES string of the molecule is CO[C@H]1CC[C@H]2[C@@H]3C(O[Si](C)(C)C)=C[C@H]4CC5(CC[C@]4(C)[C@H]3CC[C@]12C)OCCO5. The van der Waals surface area contributed by atoms with E-state index >= 15 is 0 Å². The number of hydrogen-bond donors (Lipinski definition) is 0. The Morgan fingerprint density at radius 1 is 0.933 bits per heavy atom. The third-order valence-corrected chi connectivity index (χ3v) is 10.5. The van der Waals surface area contributed by atoms with Crippen molar-refractivity contribution >= 4 is 8.32 Å². The van der Waals surface area contributed by atoms with E-state index in [0.29, 0.717) is 35.2 Å². The number of allylic oxidation sites excluding steroid dienone is 2. The van der Waals surface area contributed by atoms with Crippen LogP contribution >= 0.6 is 0 Å². The monoisotopic (exact) mass is 434 g/mol. The molecule has 4 nitrogen and oxygen atoms in total. The maximum absolute atomic E-state index is 6.89. The molecule has 4 fully saturated rings. The van der Waals surface area contributed by atoms with Crippen LogP contribution in [0.25, 0.3) is 0 Å². The van der Waals surface area contributed by atoms with Crippen molar-refractivity contribution in [2.24, 2.45) is 34.5 Å². The maximum atomic E-state index is 6.89. The van der Waals surface area contributed by atoms with Gasteiger partial charge < -0.3 is 18.6 Å². The van der Waals surface area contributed by atoms with Gasteiger partial charge in [-0.1, -0.05) is 13.8 Å². The fourth-order valence-electron chi connectivity index (χ4n) is 8.16. The summed E-state index contributed by atoms with van der Waals surface area (Å²) in [6.07, 6.45) is 11.3. The topological polar surface area (TPSA) is 36.9 Å². The Balaban J connectivity index is 1.54. The van der Waals surface area contributed by atoms with Gasteiger partial charge in [-0.05, 0) is 86.4 Å². The predicted octanol–water partition coefficient (Wildman–Crippen LogP) is 5.74. The van der Waals surface area contributed by atoms with Crippen molar-refractivity contribution in [3.05, 3.63) is 11.8 Å². The maximum Gasteiger partial charge on any atom is 0.241 e. The van der Waals surface area contributed by atoms with Crippen molar-refractivity contribution in [2.45, 2.75) is 90.3 Å². The lowest BCUT2D eigenvalue weighted by molar-refractivity contribution is -0.216. The second-order valence-corrected chi connectivity index (χ2v) is 16.7. The Kier molecular flexibility index (Phi) is 5.06. The number of hydrogen-bond acceptors (Lipinski definition) is 4. The summed E-state index contributed by atoms with van der Waals surface area (Å²) < 4.78 is 25.2. The molecule has 0 aromatic heterocycles. The van der Waals surface area contributed by atoms with E-state index in [4.69, 9.17) is 18.6 Å². The van der Waals surface area contributed by atoms with Crippen LogP contribution < -0.4 is 0 Å². The van der Waals surface area contributed by atoms with E-state index in [1.807, 2.05) is 7.11 Å². The van der Waals surface area contributed by atoms with Gasteiger partial charge in [0.05, 0.1) is 25.1 Å². The molecule has 7 atom stereocenters. The van der Waals surface area contributed by atoms with Crippen LogP contribution in [-0.4, -0.2) is 40.5 Å². The molecule has 5 heteroatoms. The third-order valence-electron chi connectivity index (χ3n) is 9.67. The molecule has 1 aliphatic heterocycles. The molecule has 0 N–H and O–H groups in total. The van der Waals surface area contributed by atoms with E-state index in [1.54, 1.807) is 0 Å². The number of rotatable bonds is 3. The minimum absolute atomic E-state index is 0.286. The zero-order valence-electron chi connectivity index (χ0n) is 20.0. The molecular weight excluding hydrogens is 392 g/mol. The molecule has 5 rings (SSSR count). The molecule has 0 amide bonds. The first-order chi connectivity index (χ1) is 14.1. The fraction of sp³-hybridized carbons (Fsp3) is 0.920. The summed E-state index contributed by atoms with van der Waals surface area (Å²) in [4.78, 5) is 0. The van der Waals surface area contributed by atoms with Crippen molar-refractivity contribution < 1.29 is 18.6 Å². The number of fused-ring (bicyclic) bond motifs is 5. The van der Waals surface area contributed by atoms with Gasteiger partial charge in [-0.3, -0.25) is 0 Å². The van der Waals surface area contributed by atoms with Crippen molar-refractivity contribution in [1.82, 2.24) is 0 Å². The molecule has 0 bridgehead atoms. The van der Waals surface area contributed by atoms with E-state index in [9.17, 15) is 0 Å². The Morgan fingerprint density at radius 3 is 2.30 bits per heavy atom. The molecule has 5 aliphatic rings. The lowest BCUT2D eigenvalue weighted by Crippen LogP contribution is -2.56. The molecule has 30 heavy (non-hydrogen) atoms. The molecular formula is C25H42O4Si. The summed E-state index contributed by atoms with van der Waals surface area (Å²) in [7, 11) is 0.219. The average Bonchev–Trinajstić information content (AvgIpc) is 3.26. The van der Waals surface area contributed by atoms with Crippen LogP contribution in [0.3, 0.4) is 0 Å². The Labute approximate surface area is 184 Å². The van der Waals surface area contributed by atoms with Crippen LogP contribution in [0.5, 0.6) is 0 Å². The normalized spacial score (nSPS) is 47.4. The van der Waals surface area contributed by atoms with Crippen LogP contribution in [0.1, 0.15) is 58.8 Å². The van der Waals surface area contributed by atoms with Gasteiger partial charge in [0, 0.05) is 25.9 Å². The first-order valence-corrected chi connectivity index (χ1v) is 15.7. The van der Waals surface area contributed by atoms with Crippen LogP contribution in [0.4, 0.5) is 0 Å². The summed E-state index contributed by atoms with van der Waals surface area (Å²) in [6.45, 7) is 13.6. The standard InChI is InChI=1S/C25H42O4Si/c1-23-11-12-25(27-13-14-28-25)16-17(23)15-20(29-30(4,5)6)22-18-7-8-21(26-3)24(18,2)10-9-19(22)23/h15,17-19,21-22H,7-14,16H2,1-6H3/t17-,18-,19-,21-,22-,23-,24-/m0/s1. The van der Waals surface area contributed by atoms with Crippen molar-refractivity contribution in [2.75, 3.05) is 20.3 Å². The van der Waals surface area contributed by atoms with Gasteiger partial charge in [0.2, 0.25) is 8.32 Å². The van der Waals surface area contributed by atoms with E-state index < -0.39 is 8.32 Å². The smallest absolute Gasteiger partial charge is 0.241 e. The van der Waals surface area contributed by atoms with Crippen molar-refractivity contribution in [3.8, 4) is 0 Å². The van der Waals surface area contributed by atoms with Crippen LogP contribution in [0.2, 0.25) is 19.6 Å². The van der Waals surface area contributed by atoms with E-state index in [0.717, 1.165) is 26.1 Å². The molecule has 0 aromatic carbocycles. The van der Waals surface area contributed by atoms with Gasteiger partial charge in [-0.2, -0.15) is 0 Å². The largest absolute Gasteiger partial charge is 0.547 e. The summed E-state index contributed by atoms with van der Waals surface area (Å²) in [5.41, 5.74) is 0.610. The second-order valence-electron chi connectivity index (χ2n) is 12.3. The fourth-order valence-corrected chi connectivity index (χ4v) is 9.08. The van der Waals surface area contributed by atoms with E-state index in [1.165, 1.54) is 37.9 Å².